The molecule has 0 atom stereocenters. The van der Waals surface area contributed by atoms with Gasteiger partial charge >= 0.3 is 11.9 Å². The fourth-order valence-electron chi connectivity index (χ4n) is 4.12. The molecule has 33 heavy (non-hydrogen) atoms. The van der Waals surface area contributed by atoms with Crippen molar-refractivity contribution in [2.75, 3.05) is 0 Å². The summed E-state index contributed by atoms with van der Waals surface area (Å²) in [5, 5.41) is 11.0. The van der Waals surface area contributed by atoms with Gasteiger partial charge in [0.25, 0.3) is 0 Å². The maximum Gasteiger partial charge on any atom is 0.416 e. The van der Waals surface area contributed by atoms with Crippen molar-refractivity contribution in [1.82, 2.24) is 29.4 Å². The molecular formula is C22H25F3N6O2. The van der Waals surface area contributed by atoms with E-state index in [1.807, 2.05) is 0 Å². The molecule has 0 spiro atoms. The van der Waals surface area contributed by atoms with Gasteiger partial charge in [0.1, 0.15) is 12.4 Å². The second kappa shape index (κ2) is 8.87. The Morgan fingerprint density at radius 1 is 1.12 bits per heavy atom. The van der Waals surface area contributed by atoms with Gasteiger partial charge in [0.15, 0.2) is 0 Å². The predicted octanol–water partition coefficient (Wildman–Crippen LogP) is 2.91. The minimum absolute atomic E-state index is 0.0749. The summed E-state index contributed by atoms with van der Waals surface area (Å²) in [5.41, 5.74) is 0.406. The van der Waals surface area contributed by atoms with Crippen LogP contribution in [0, 0.1) is 13.8 Å². The Bertz CT molecular complexity index is 1240. The Hall–Kier alpha value is -3.37. The summed E-state index contributed by atoms with van der Waals surface area (Å²) in [6.45, 7) is 3.42. The molecule has 8 nitrogen and oxygen atoms in total. The molecule has 1 aromatic carbocycles. The minimum atomic E-state index is -4.61. The first-order chi connectivity index (χ1) is 15.6. The molecule has 1 amide bonds. The van der Waals surface area contributed by atoms with Crippen LogP contribution in [0.3, 0.4) is 0 Å². The molecule has 0 bridgehead atoms. The second-order valence-electron chi connectivity index (χ2n) is 8.27. The highest BCUT2D eigenvalue weighted by atomic mass is 19.4. The summed E-state index contributed by atoms with van der Waals surface area (Å²) in [7, 11) is 0. The predicted molar refractivity (Wildman–Crippen MR) is 114 cm³/mol. The van der Waals surface area contributed by atoms with E-state index in [4.69, 9.17) is 0 Å². The van der Waals surface area contributed by atoms with Crippen LogP contribution >= 0.6 is 0 Å². The lowest BCUT2D eigenvalue weighted by Crippen LogP contribution is -2.34. The average molecular weight is 462 g/mol. The van der Waals surface area contributed by atoms with Crippen LogP contribution in [-0.2, 0) is 37.0 Å². The minimum Gasteiger partial charge on any atom is -0.350 e. The molecule has 0 fully saturated rings. The summed E-state index contributed by atoms with van der Waals surface area (Å²) < 4.78 is 45.3. The number of hydrogen-bond acceptors (Lipinski definition) is 4. The van der Waals surface area contributed by atoms with Crippen LogP contribution in [0.4, 0.5) is 13.2 Å². The number of nitrogens with zero attached hydrogens (tertiary/aromatic N) is 5. The van der Waals surface area contributed by atoms with E-state index < -0.39 is 17.6 Å². The van der Waals surface area contributed by atoms with Gasteiger partial charge in [-0.05, 0) is 50.5 Å². The third-order valence-corrected chi connectivity index (χ3v) is 5.70. The Balaban J connectivity index is 1.50. The molecular weight excluding hydrogens is 437 g/mol. The number of amides is 1. The lowest BCUT2D eigenvalue weighted by Gasteiger charge is -2.16. The average Bonchev–Trinajstić information content (AvgIpc) is 3.12. The number of aryl methyl sites for hydroxylation is 3. The molecule has 4 rings (SSSR count). The molecule has 0 unspecified atom stereocenters. The van der Waals surface area contributed by atoms with Crippen molar-refractivity contribution in [1.29, 1.82) is 0 Å². The van der Waals surface area contributed by atoms with Crippen LogP contribution in [0.25, 0.3) is 5.69 Å². The smallest absolute Gasteiger partial charge is 0.350 e. The van der Waals surface area contributed by atoms with Crippen LogP contribution in [0.1, 0.15) is 47.6 Å². The van der Waals surface area contributed by atoms with Crippen molar-refractivity contribution in [3.8, 4) is 5.69 Å². The fourth-order valence-corrected chi connectivity index (χ4v) is 4.12. The molecule has 176 valence electrons. The van der Waals surface area contributed by atoms with Crippen LogP contribution in [0.15, 0.2) is 29.1 Å². The zero-order valence-corrected chi connectivity index (χ0v) is 18.4. The van der Waals surface area contributed by atoms with Gasteiger partial charge in [0.05, 0.1) is 16.9 Å². The molecule has 0 saturated heterocycles. The lowest BCUT2D eigenvalue weighted by atomic mass is 10.1. The lowest BCUT2D eigenvalue weighted by molar-refractivity contribution is -0.138. The van der Waals surface area contributed by atoms with Crippen molar-refractivity contribution >= 4 is 5.91 Å². The first kappa shape index (κ1) is 22.8. The SMILES string of the molecule is Cc1cc(C)n(-c2ccc(CNC(=O)Cn3nc4n(c3=O)CCCCC4)c(C(F)(F)F)c2)n1. The van der Waals surface area contributed by atoms with Gasteiger partial charge in [-0.15, -0.1) is 0 Å². The van der Waals surface area contributed by atoms with Crippen molar-refractivity contribution in [3.05, 3.63) is 63.1 Å². The van der Waals surface area contributed by atoms with Gasteiger partial charge in [-0.25, -0.2) is 14.2 Å². The molecule has 3 heterocycles. The Morgan fingerprint density at radius 2 is 1.91 bits per heavy atom. The number of hydrogen-bond donors (Lipinski definition) is 1. The number of alkyl halides is 3. The third kappa shape index (κ3) is 4.86. The number of benzene rings is 1. The molecule has 0 radical (unpaired) electrons. The van der Waals surface area contributed by atoms with E-state index in [0.29, 0.717) is 30.2 Å². The maximum absolute atomic E-state index is 13.7. The molecule has 0 saturated carbocycles. The van der Waals surface area contributed by atoms with Crippen molar-refractivity contribution < 1.29 is 18.0 Å². The van der Waals surface area contributed by atoms with Gasteiger partial charge in [-0.3, -0.25) is 9.36 Å². The molecule has 0 aliphatic carbocycles. The van der Waals surface area contributed by atoms with Gasteiger partial charge in [0, 0.05) is 25.2 Å². The number of rotatable bonds is 5. The van der Waals surface area contributed by atoms with Gasteiger partial charge in [-0.1, -0.05) is 12.5 Å². The van der Waals surface area contributed by atoms with E-state index in [2.05, 4.69) is 15.5 Å². The van der Waals surface area contributed by atoms with Gasteiger partial charge in [0.2, 0.25) is 5.91 Å². The first-order valence-electron chi connectivity index (χ1n) is 10.8. The number of nitrogens with one attached hydrogen (secondary N) is 1. The van der Waals surface area contributed by atoms with E-state index in [0.717, 1.165) is 30.0 Å². The summed E-state index contributed by atoms with van der Waals surface area (Å²) >= 11 is 0. The van der Waals surface area contributed by atoms with Crippen LogP contribution in [0.5, 0.6) is 0 Å². The molecule has 3 aromatic rings. The molecule has 1 aliphatic rings. The largest absolute Gasteiger partial charge is 0.416 e. The van der Waals surface area contributed by atoms with Crippen LogP contribution < -0.4 is 11.0 Å². The van der Waals surface area contributed by atoms with Crippen molar-refractivity contribution in [2.45, 2.75) is 65.3 Å². The topological polar surface area (TPSA) is 86.7 Å². The van der Waals surface area contributed by atoms with Gasteiger partial charge in [-0.2, -0.15) is 23.4 Å². The second-order valence-corrected chi connectivity index (χ2v) is 8.27. The Labute approximate surface area is 188 Å². The summed E-state index contributed by atoms with van der Waals surface area (Å²) in [6.07, 6.45) is -1.12. The highest BCUT2D eigenvalue weighted by Crippen LogP contribution is 2.33. The van der Waals surface area contributed by atoms with E-state index in [1.165, 1.54) is 16.8 Å². The quantitative estimate of drug-likeness (QED) is 0.632. The summed E-state index contributed by atoms with van der Waals surface area (Å²) in [4.78, 5) is 24.9. The Morgan fingerprint density at radius 3 is 2.61 bits per heavy atom. The highest BCUT2D eigenvalue weighted by molar-refractivity contribution is 5.75. The number of aromatic nitrogens is 5. The fraction of sp³-hybridized carbons (Fsp3) is 0.455. The van der Waals surface area contributed by atoms with Crippen LogP contribution in [0.2, 0.25) is 0 Å². The van der Waals surface area contributed by atoms with Crippen molar-refractivity contribution in [3.63, 3.8) is 0 Å². The van der Waals surface area contributed by atoms with E-state index >= 15 is 0 Å². The highest BCUT2D eigenvalue weighted by Gasteiger charge is 2.34. The molecule has 1 aliphatic heterocycles. The summed E-state index contributed by atoms with van der Waals surface area (Å²) in [6, 6.07) is 5.67. The first-order valence-corrected chi connectivity index (χ1v) is 10.8. The zero-order chi connectivity index (χ0) is 23.8. The number of halogens is 3. The van der Waals surface area contributed by atoms with E-state index in [-0.39, 0.29) is 30.0 Å². The zero-order valence-electron chi connectivity index (χ0n) is 18.4. The summed E-state index contributed by atoms with van der Waals surface area (Å²) in [5.74, 6) is 0.0607. The maximum atomic E-state index is 13.7. The number of fused-ring (bicyclic) bond motifs is 1. The molecule has 1 N–H and O–H groups in total. The Kier molecular flexibility index (Phi) is 6.13. The normalized spacial score (nSPS) is 14.1. The van der Waals surface area contributed by atoms with Gasteiger partial charge < -0.3 is 5.32 Å². The van der Waals surface area contributed by atoms with E-state index in [1.54, 1.807) is 24.5 Å². The molecule has 2 aromatic heterocycles. The van der Waals surface area contributed by atoms with E-state index in [9.17, 15) is 22.8 Å². The number of carbonyl (C=O) groups is 1. The number of carbonyl (C=O) groups excluding carboxylic acids is 1. The molecule has 11 heteroatoms. The monoisotopic (exact) mass is 462 g/mol. The third-order valence-electron chi connectivity index (χ3n) is 5.70. The van der Waals surface area contributed by atoms with Crippen molar-refractivity contribution in [2.24, 2.45) is 0 Å². The standard InChI is InChI=1S/C22H25F3N6O2/c1-14-10-15(2)31(27-14)17-8-7-16(18(11-17)22(23,24)25)12-26-20(32)13-30-21(33)29-9-5-3-4-6-19(29)28-30/h7-8,10-11H,3-6,9,12-13H2,1-2H3,(H,26,32). The van der Waals surface area contributed by atoms with Crippen LogP contribution in [-0.4, -0.2) is 30.0 Å².